The number of carbonyl (C=O) groups excluding carboxylic acids is 1. The summed E-state index contributed by atoms with van der Waals surface area (Å²) < 4.78 is 33.0. The zero-order valence-electron chi connectivity index (χ0n) is 16.9. The van der Waals surface area contributed by atoms with Gasteiger partial charge in [-0.05, 0) is 60.7 Å². The molecule has 3 aromatic carbocycles. The van der Waals surface area contributed by atoms with Crippen LogP contribution in [0.3, 0.4) is 0 Å². The first kappa shape index (κ1) is 22.8. The second-order valence-corrected chi connectivity index (χ2v) is 9.76. The molecule has 0 bridgehead atoms. The topological polar surface area (TPSA) is 114 Å². The summed E-state index contributed by atoms with van der Waals surface area (Å²) >= 11 is 6.93. The Morgan fingerprint density at radius 1 is 0.909 bits per heavy atom. The van der Waals surface area contributed by atoms with Gasteiger partial charge in [0.05, 0.1) is 10.6 Å². The molecule has 4 rings (SSSR count). The van der Waals surface area contributed by atoms with Crippen molar-refractivity contribution < 1.29 is 17.6 Å². The van der Waals surface area contributed by atoms with Crippen LogP contribution in [0.2, 0.25) is 5.02 Å². The molecule has 0 aliphatic rings. The first-order valence-electron chi connectivity index (χ1n) is 9.59. The lowest BCUT2D eigenvalue weighted by Gasteiger charge is -2.08. The number of nitrogens with zero attached hydrogens (tertiary/aromatic N) is 2. The van der Waals surface area contributed by atoms with Gasteiger partial charge in [-0.3, -0.25) is 9.52 Å². The SMILES string of the molecule is O=C(CSc1nnc(-c2ccc(NS(=O)(=O)c3ccccc3)cc2)o1)Nc1ccc(Cl)cc1. The molecule has 168 valence electrons. The minimum atomic E-state index is -3.68. The lowest BCUT2D eigenvalue weighted by Crippen LogP contribution is -2.13. The summed E-state index contributed by atoms with van der Waals surface area (Å²) in [6.45, 7) is 0. The standard InChI is InChI=1S/C22H17ClN4O4S2/c23-16-8-12-17(13-9-16)24-20(28)14-32-22-26-25-21(31-22)15-6-10-18(11-7-15)27-33(29,30)19-4-2-1-3-5-19/h1-13,27H,14H2,(H,24,28). The third-order valence-corrected chi connectivity index (χ3v) is 6.77. The van der Waals surface area contributed by atoms with Crippen molar-refractivity contribution in [2.24, 2.45) is 0 Å². The van der Waals surface area contributed by atoms with Crippen molar-refractivity contribution >= 4 is 50.7 Å². The predicted molar refractivity (Wildman–Crippen MR) is 128 cm³/mol. The number of nitrogens with one attached hydrogen (secondary N) is 2. The first-order chi connectivity index (χ1) is 15.9. The highest BCUT2D eigenvalue weighted by molar-refractivity contribution is 7.99. The average molecular weight is 501 g/mol. The van der Waals surface area contributed by atoms with Gasteiger partial charge >= 0.3 is 0 Å². The highest BCUT2D eigenvalue weighted by atomic mass is 35.5. The Bertz CT molecular complexity index is 1340. The summed E-state index contributed by atoms with van der Waals surface area (Å²) in [5.74, 6) is 0.120. The molecule has 4 aromatic rings. The number of benzene rings is 3. The number of aromatic nitrogens is 2. The van der Waals surface area contributed by atoms with E-state index in [1.54, 1.807) is 66.7 Å². The van der Waals surface area contributed by atoms with Crippen LogP contribution < -0.4 is 10.0 Å². The zero-order chi connectivity index (χ0) is 23.3. The molecular weight excluding hydrogens is 484 g/mol. The van der Waals surface area contributed by atoms with E-state index in [2.05, 4.69) is 20.2 Å². The Morgan fingerprint density at radius 3 is 2.27 bits per heavy atom. The first-order valence-corrected chi connectivity index (χ1v) is 12.4. The molecule has 0 aliphatic carbocycles. The summed E-state index contributed by atoms with van der Waals surface area (Å²) in [7, 11) is -3.68. The number of carbonyl (C=O) groups is 1. The van der Waals surface area contributed by atoms with E-state index in [9.17, 15) is 13.2 Å². The van der Waals surface area contributed by atoms with Crippen LogP contribution in [-0.2, 0) is 14.8 Å². The Balaban J connectivity index is 1.34. The molecule has 0 unspecified atom stereocenters. The molecule has 0 atom stereocenters. The second kappa shape index (κ2) is 10.1. The van der Waals surface area contributed by atoms with Crippen molar-refractivity contribution in [3.8, 4) is 11.5 Å². The van der Waals surface area contributed by atoms with Crippen molar-refractivity contribution in [3.05, 3.63) is 83.9 Å². The number of amides is 1. The summed E-state index contributed by atoms with van der Waals surface area (Å²) in [4.78, 5) is 12.3. The maximum atomic E-state index is 12.4. The molecule has 11 heteroatoms. The van der Waals surface area contributed by atoms with Gasteiger partial charge in [-0.2, -0.15) is 0 Å². The van der Waals surface area contributed by atoms with Crippen LogP contribution >= 0.6 is 23.4 Å². The van der Waals surface area contributed by atoms with Gasteiger partial charge < -0.3 is 9.73 Å². The molecule has 0 radical (unpaired) electrons. The van der Waals surface area contributed by atoms with E-state index in [4.69, 9.17) is 16.0 Å². The average Bonchev–Trinajstić information content (AvgIpc) is 3.29. The maximum Gasteiger partial charge on any atom is 0.277 e. The fourth-order valence-corrected chi connectivity index (χ4v) is 4.51. The van der Waals surface area contributed by atoms with Crippen LogP contribution in [-0.4, -0.2) is 30.3 Å². The summed E-state index contributed by atoms with van der Waals surface area (Å²) in [5.41, 5.74) is 1.65. The van der Waals surface area contributed by atoms with Gasteiger partial charge in [0.2, 0.25) is 11.8 Å². The van der Waals surface area contributed by atoms with Crippen LogP contribution in [0.25, 0.3) is 11.5 Å². The number of thioether (sulfide) groups is 1. The maximum absolute atomic E-state index is 12.4. The van der Waals surface area contributed by atoms with Gasteiger partial charge in [0.1, 0.15) is 0 Å². The minimum absolute atomic E-state index is 0.0878. The van der Waals surface area contributed by atoms with Gasteiger partial charge in [0.15, 0.2) is 0 Å². The van der Waals surface area contributed by atoms with Crippen LogP contribution in [0.1, 0.15) is 0 Å². The molecule has 0 saturated heterocycles. The van der Waals surface area contributed by atoms with E-state index in [0.717, 1.165) is 11.8 Å². The molecule has 0 saturated carbocycles. The predicted octanol–water partition coefficient (Wildman–Crippen LogP) is 4.92. The van der Waals surface area contributed by atoms with Crippen LogP contribution in [0.4, 0.5) is 11.4 Å². The Kier molecular flexibility index (Phi) is 6.97. The lowest BCUT2D eigenvalue weighted by atomic mass is 10.2. The normalized spacial score (nSPS) is 11.2. The molecule has 1 amide bonds. The van der Waals surface area contributed by atoms with E-state index >= 15 is 0 Å². The quantitative estimate of drug-likeness (QED) is 0.330. The van der Waals surface area contributed by atoms with Crippen LogP contribution in [0, 0.1) is 0 Å². The molecule has 1 heterocycles. The van der Waals surface area contributed by atoms with Crippen molar-refractivity contribution in [2.75, 3.05) is 15.8 Å². The van der Waals surface area contributed by atoms with Crippen molar-refractivity contribution in [1.82, 2.24) is 10.2 Å². The molecule has 2 N–H and O–H groups in total. The van der Waals surface area contributed by atoms with E-state index in [1.807, 2.05) is 0 Å². The van der Waals surface area contributed by atoms with Crippen molar-refractivity contribution in [3.63, 3.8) is 0 Å². The number of rotatable bonds is 8. The van der Waals surface area contributed by atoms with Gasteiger partial charge in [0.25, 0.3) is 15.2 Å². The zero-order valence-corrected chi connectivity index (χ0v) is 19.3. The van der Waals surface area contributed by atoms with Crippen LogP contribution in [0.15, 0.2) is 93.4 Å². The van der Waals surface area contributed by atoms with Gasteiger partial charge in [-0.25, -0.2) is 8.42 Å². The largest absolute Gasteiger partial charge is 0.411 e. The molecule has 8 nitrogen and oxygen atoms in total. The Labute approximate surface area is 199 Å². The molecule has 0 aliphatic heterocycles. The molecule has 0 fully saturated rings. The monoisotopic (exact) mass is 500 g/mol. The molecule has 33 heavy (non-hydrogen) atoms. The van der Waals surface area contributed by atoms with E-state index < -0.39 is 10.0 Å². The van der Waals surface area contributed by atoms with Gasteiger partial charge in [-0.1, -0.05) is 41.6 Å². The van der Waals surface area contributed by atoms with E-state index in [0.29, 0.717) is 22.0 Å². The fourth-order valence-electron chi connectivity index (χ4n) is 2.74. The Morgan fingerprint density at radius 2 is 1.58 bits per heavy atom. The highest BCUT2D eigenvalue weighted by Crippen LogP contribution is 2.25. The van der Waals surface area contributed by atoms with Gasteiger partial charge in [0, 0.05) is 22.0 Å². The number of hydrogen-bond donors (Lipinski definition) is 2. The van der Waals surface area contributed by atoms with E-state index in [-0.39, 0.29) is 27.7 Å². The van der Waals surface area contributed by atoms with Crippen molar-refractivity contribution in [2.45, 2.75) is 10.1 Å². The Hall–Kier alpha value is -3.34. The molecular formula is C22H17ClN4O4S2. The fraction of sp³-hybridized carbons (Fsp3) is 0.0455. The minimum Gasteiger partial charge on any atom is -0.411 e. The summed E-state index contributed by atoms with van der Waals surface area (Å²) in [6.07, 6.45) is 0. The smallest absolute Gasteiger partial charge is 0.277 e. The lowest BCUT2D eigenvalue weighted by molar-refractivity contribution is -0.113. The summed E-state index contributed by atoms with van der Waals surface area (Å²) in [6, 6.07) is 21.4. The van der Waals surface area contributed by atoms with Gasteiger partial charge in [-0.15, -0.1) is 10.2 Å². The van der Waals surface area contributed by atoms with Crippen molar-refractivity contribution in [1.29, 1.82) is 0 Å². The second-order valence-electron chi connectivity index (χ2n) is 6.71. The third-order valence-electron chi connectivity index (χ3n) is 4.30. The third kappa shape index (κ3) is 6.13. The molecule has 0 spiro atoms. The number of hydrogen-bond acceptors (Lipinski definition) is 7. The summed E-state index contributed by atoms with van der Waals surface area (Å²) in [5, 5.41) is 11.5. The van der Waals surface area contributed by atoms with E-state index in [1.165, 1.54) is 12.1 Å². The highest BCUT2D eigenvalue weighted by Gasteiger charge is 2.15. The molecule has 1 aromatic heterocycles. The number of anilines is 2. The number of halogens is 1. The number of sulfonamides is 1. The van der Waals surface area contributed by atoms with Crippen LogP contribution in [0.5, 0.6) is 0 Å².